The number of ether oxygens (including phenoxy) is 1. The predicted molar refractivity (Wildman–Crippen MR) is 104 cm³/mol. The Morgan fingerprint density at radius 2 is 1.88 bits per heavy atom. The van der Waals surface area contributed by atoms with Gasteiger partial charge in [-0.1, -0.05) is 18.0 Å². The number of aliphatic imine (C=N–C) groups is 1. The summed E-state index contributed by atoms with van der Waals surface area (Å²) in [5.41, 5.74) is 6.03. The lowest BCUT2D eigenvalue weighted by Crippen LogP contribution is -2.40. The van der Waals surface area contributed by atoms with Gasteiger partial charge in [-0.3, -0.25) is 0 Å². The Morgan fingerprint density at radius 3 is 2.62 bits per heavy atom. The van der Waals surface area contributed by atoms with E-state index in [1.54, 1.807) is 12.4 Å². The zero-order valence-electron chi connectivity index (χ0n) is 15.1. The van der Waals surface area contributed by atoms with Crippen molar-refractivity contribution in [2.45, 2.75) is 33.1 Å². The van der Waals surface area contributed by atoms with Gasteiger partial charge >= 0.3 is 0 Å². The molecule has 0 amide bonds. The molecule has 2 aromatic rings. The fourth-order valence-electron chi connectivity index (χ4n) is 2.89. The fraction of sp³-hybridized carbons (Fsp3) is 0.350. The molecule has 1 fully saturated rings. The number of rotatable bonds is 5. The molecule has 4 nitrogen and oxygen atoms in total. The molecule has 138 valence electrons. The molecule has 1 aliphatic rings. The SMILES string of the molecule is Cc1cc(Oc2ccc(Cl)c(F)c2)c(C)cc1/N=C/NN1CCCCC1. The molecule has 1 saturated heterocycles. The molecule has 0 radical (unpaired) electrons. The normalized spacial score (nSPS) is 15.4. The first-order chi connectivity index (χ1) is 12.5. The van der Waals surface area contributed by atoms with E-state index in [1.807, 2.05) is 26.0 Å². The Labute approximate surface area is 158 Å². The fourth-order valence-corrected chi connectivity index (χ4v) is 3.01. The van der Waals surface area contributed by atoms with Crippen LogP contribution in [0.4, 0.5) is 10.1 Å². The summed E-state index contributed by atoms with van der Waals surface area (Å²) in [6, 6.07) is 8.29. The highest BCUT2D eigenvalue weighted by molar-refractivity contribution is 6.30. The van der Waals surface area contributed by atoms with Crippen molar-refractivity contribution < 1.29 is 9.13 Å². The van der Waals surface area contributed by atoms with Gasteiger partial charge in [-0.05, 0) is 62.1 Å². The van der Waals surface area contributed by atoms with Crippen LogP contribution in [0.15, 0.2) is 35.3 Å². The van der Waals surface area contributed by atoms with Gasteiger partial charge in [0.2, 0.25) is 0 Å². The average molecular weight is 376 g/mol. The van der Waals surface area contributed by atoms with Crippen LogP contribution in [-0.4, -0.2) is 24.4 Å². The highest BCUT2D eigenvalue weighted by atomic mass is 35.5. The van der Waals surface area contributed by atoms with E-state index in [1.165, 1.54) is 31.4 Å². The molecule has 6 heteroatoms. The van der Waals surface area contributed by atoms with E-state index >= 15 is 0 Å². The summed E-state index contributed by atoms with van der Waals surface area (Å²) >= 11 is 5.71. The van der Waals surface area contributed by atoms with Crippen LogP contribution in [0.3, 0.4) is 0 Å². The van der Waals surface area contributed by atoms with Crippen LogP contribution in [0, 0.1) is 19.7 Å². The highest BCUT2D eigenvalue weighted by Crippen LogP contribution is 2.32. The quantitative estimate of drug-likeness (QED) is 0.550. The summed E-state index contributed by atoms with van der Waals surface area (Å²) in [5.74, 6) is 0.591. The Bertz CT molecular complexity index is 804. The number of nitrogens with one attached hydrogen (secondary N) is 1. The number of piperidine rings is 1. The summed E-state index contributed by atoms with van der Waals surface area (Å²) < 4.78 is 19.4. The lowest BCUT2D eigenvalue weighted by molar-refractivity contribution is 0.197. The molecule has 1 heterocycles. The largest absolute Gasteiger partial charge is 0.457 e. The first-order valence-corrected chi connectivity index (χ1v) is 9.18. The van der Waals surface area contributed by atoms with Gasteiger partial charge in [-0.2, -0.15) is 0 Å². The summed E-state index contributed by atoms with van der Waals surface area (Å²) in [5, 5.41) is 2.26. The second-order valence-electron chi connectivity index (χ2n) is 6.52. The topological polar surface area (TPSA) is 36.9 Å². The summed E-state index contributed by atoms with van der Waals surface area (Å²) in [6.45, 7) is 6.02. The van der Waals surface area contributed by atoms with Gasteiger partial charge in [0.1, 0.15) is 23.7 Å². The van der Waals surface area contributed by atoms with Crippen LogP contribution in [0.5, 0.6) is 11.5 Å². The predicted octanol–water partition coefficient (Wildman–Crippen LogP) is 5.54. The maximum absolute atomic E-state index is 13.6. The van der Waals surface area contributed by atoms with Gasteiger partial charge in [0, 0.05) is 19.2 Å². The van der Waals surface area contributed by atoms with Crippen molar-refractivity contribution >= 4 is 23.6 Å². The lowest BCUT2D eigenvalue weighted by atomic mass is 10.1. The molecule has 26 heavy (non-hydrogen) atoms. The zero-order chi connectivity index (χ0) is 18.5. The summed E-state index contributed by atoms with van der Waals surface area (Å²) in [6.07, 6.45) is 5.47. The van der Waals surface area contributed by atoms with E-state index in [2.05, 4.69) is 15.4 Å². The number of aryl methyl sites for hydroxylation is 2. The Hall–Kier alpha value is -2.11. The van der Waals surface area contributed by atoms with Crippen molar-refractivity contribution in [1.82, 2.24) is 10.4 Å². The minimum Gasteiger partial charge on any atom is -0.457 e. The molecule has 0 aliphatic carbocycles. The number of hydrogen-bond acceptors (Lipinski definition) is 3. The average Bonchev–Trinajstić information content (AvgIpc) is 2.63. The van der Waals surface area contributed by atoms with Gasteiger partial charge in [0.15, 0.2) is 0 Å². The number of hydrogen-bond donors (Lipinski definition) is 1. The van der Waals surface area contributed by atoms with Crippen molar-refractivity contribution in [2.75, 3.05) is 13.1 Å². The summed E-state index contributed by atoms with van der Waals surface area (Å²) in [7, 11) is 0. The van der Waals surface area contributed by atoms with Crippen molar-refractivity contribution in [3.8, 4) is 11.5 Å². The third kappa shape index (κ3) is 4.74. The molecule has 0 spiro atoms. The standard InChI is InChI=1S/C20H23ClFN3O/c1-14-11-20(26-16-6-7-17(21)18(22)12-16)15(2)10-19(14)23-13-24-25-8-4-3-5-9-25/h6-7,10-13H,3-5,8-9H2,1-2H3,(H,23,24). The molecular formula is C20H23ClFN3O. The van der Waals surface area contributed by atoms with Crippen LogP contribution < -0.4 is 10.2 Å². The molecule has 3 rings (SSSR count). The lowest BCUT2D eigenvalue weighted by Gasteiger charge is -2.25. The maximum Gasteiger partial charge on any atom is 0.145 e. The number of halogens is 2. The molecule has 2 aromatic carbocycles. The van der Waals surface area contributed by atoms with Gasteiger partial charge in [-0.25, -0.2) is 14.4 Å². The van der Waals surface area contributed by atoms with Gasteiger partial charge in [0.25, 0.3) is 0 Å². The highest BCUT2D eigenvalue weighted by Gasteiger charge is 2.09. The van der Waals surface area contributed by atoms with E-state index in [0.29, 0.717) is 11.5 Å². The van der Waals surface area contributed by atoms with Gasteiger partial charge in [0.05, 0.1) is 10.7 Å². The summed E-state index contributed by atoms with van der Waals surface area (Å²) in [4.78, 5) is 4.52. The van der Waals surface area contributed by atoms with Crippen LogP contribution in [-0.2, 0) is 0 Å². The van der Waals surface area contributed by atoms with Gasteiger partial charge in [-0.15, -0.1) is 0 Å². The van der Waals surface area contributed by atoms with E-state index in [-0.39, 0.29) is 5.02 Å². The van der Waals surface area contributed by atoms with Crippen molar-refractivity contribution in [1.29, 1.82) is 0 Å². The van der Waals surface area contributed by atoms with E-state index < -0.39 is 5.82 Å². The minimum atomic E-state index is -0.497. The molecule has 0 bridgehead atoms. The third-order valence-electron chi connectivity index (χ3n) is 4.41. The number of hydrazine groups is 1. The van der Waals surface area contributed by atoms with E-state index in [9.17, 15) is 4.39 Å². The Morgan fingerprint density at radius 1 is 1.12 bits per heavy atom. The number of nitrogens with zero attached hydrogens (tertiary/aromatic N) is 2. The first-order valence-electron chi connectivity index (χ1n) is 8.81. The van der Waals surface area contributed by atoms with Crippen LogP contribution in [0.25, 0.3) is 0 Å². The van der Waals surface area contributed by atoms with E-state index in [4.69, 9.17) is 16.3 Å². The zero-order valence-corrected chi connectivity index (χ0v) is 15.8. The second-order valence-corrected chi connectivity index (χ2v) is 6.92. The Balaban J connectivity index is 1.69. The van der Waals surface area contributed by atoms with Crippen LogP contribution in [0.2, 0.25) is 5.02 Å². The first kappa shape index (κ1) is 18.7. The van der Waals surface area contributed by atoms with Crippen molar-refractivity contribution in [3.63, 3.8) is 0 Å². The molecular weight excluding hydrogens is 353 g/mol. The Kier molecular flexibility index (Phi) is 6.12. The maximum atomic E-state index is 13.6. The van der Waals surface area contributed by atoms with Crippen molar-refractivity contribution in [3.05, 3.63) is 52.3 Å². The van der Waals surface area contributed by atoms with E-state index in [0.717, 1.165) is 29.9 Å². The second kappa shape index (κ2) is 8.52. The van der Waals surface area contributed by atoms with Crippen LogP contribution >= 0.6 is 11.6 Å². The smallest absolute Gasteiger partial charge is 0.145 e. The number of benzene rings is 2. The molecule has 1 N–H and O–H groups in total. The molecule has 0 atom stereocenters. The minimum absolute atomic E-state index is 0.0798. The van der Waals surface area contributed by atoms with Crippen molar-refractivity contribution in [2.24, 2.45) is 4.99 Å². The van der Waals surface area contributed by atoms with Crippen LogP contribution in [0.1, 0.15) is 30.4 Å². The third-order valence-corrected chi connectivity index (χ3v) is 4.72. The monoisotopic (exact) mass is 375 g/mol. The molecule has 0 aromatic heterocycles. The molecule has 0 saturated carbocycles. The molecule has 1 aliphatic heterocycles. The molecule has 0 unspecified atom stereocenters. The van der Waals surface area contributed by atoms with Gasteiger partial charge < -0.3 is 10.2 Å².